The third-order valence-electron chi connectivity index (χ3n) is 9.35. The molecule has 1 saturated heterocycles. The maximum absolute atomic E-state index is 14.2. The molecule has 2 aliphatic heterocycles. The first-order chi connectivity index (χ1) is 20.8. The predicted molar refractivity (Wildman–Crippen MR) is 163 cm³/mol. The molecule has 8 nitrogen and oxygen atoms in total. The van der Waals surface area contributed by atoms with E-state index in [0.29, 0.717) is 44.3 Å². The number of nitrogens with zero attached hydrogens (tertiary/aromatic N) is 5. The monoisotopic (exact) mass is 625 g/mol. The summed E-state index contributed by atoms with van der Waals surface area (Å²) in [5, 5.41) is 15.9. The number of ether oxygens (including phenoxy) is 1. The number of halogens is 3. The summed E-state index contributed by atoms with van der Waals surface area (Å²) in [6.07, 6.45) is 6.30. The number of aliphatic hydroxyl groups excluding tert-OH is 1. The number of benzene rings is 2. The Hall–Kier alpha value is -2.98. The van der Waals surface area contributed by atoms with Gasteiger partial charge < -0.3 is 19.3 Å². The van der Waals surface area contributed by atoms with E-state index in [1.807, 2.05) is 6.07 Å². The van der Waals surface area contributed by atoms with Crippen LogP contribution in [0, 0.1) is 0 Å². The van der Waals surface area contributed by atoms with Crippen molar-refractivity contribution in [1.29, 1.82) is 0 Å². The van der Waals surface area contributed by atoms with Gasteiger partial charge in [0.05, 0.1) is 41.3 Å². The number of hydrogen-bond donors (Lipinski definition) is 1. The van der Waals surface area contributed by atoms with Crippen LogP contribution >= 0.6 is 23.2 Å². The molecule has 4 aromatic rings. The van der Waals surface area contributed by atoms with Gasteiger partial charge in [-0.2, -0.15) is 5.10 Å². The molecular formula is C32H34Cl2FN5O3. The van der Waals surface area contributed by atoms with Gasteiger partial charge in [-0.1, -0.05) is 47.5 Å². The van der Waals surface area contributed by atoms with Crippen molar-refractivity contribution in [3.05, 3.63) is 69.9 Å². The number of alkyl halides is 1. The number of fused-ring (bicyclic) bond motifs is 2. The molecule has 0 spiro atoms. The number of esters is 1. The number of carbonyl (C=O) groups excluding carboxylic acids is 1. The summed E-state index contributed by atoms with van der Waals surface area (Å²) >= 11 is 13.7. The molecule has 2 aromatic carbocycles. The van der Waals surface area contributed by atoms with Crippen LogP contribution in [-0.2, 0) is 22.5 Å². The summed E-state index contributed by atoms with van der Waals surface area (Å²) in [5.41, 5.74) is 4.54. The molecule has 1 aliphatic carbocycles. The molecule has 4 heterocycles. The van der Waals surface area contributed by atoms with Gasteiger partial charge in [0, 0.05) is 35.3 Å². The topological polar surface area (TPSA) is 85.4 Å². The van der Waals surface area contributed by atoms with Crippen LogP contribution in [0.3, 0.4) is 0 Å². The van der Waals surface area contributed by atoms with Crippen molar-refractivity contribution in [3.8, 4) is 11.1 Å². The fourth-order valence-corrected chi connectivity index (χ4v) is 7.49. The first kappa shape index (κ1) is 28.8. The van der Waals surface area contributed by atoms with Gasteiger partial charge in [-0.05, 0) is 68.8 Å². The van der Waals surface area contributed by atoms with E-state index in [-0.39, 0.29) is 25.7 Å². The minimum Gasteiger partial charge on any atom is -0.464 e. The summed E-state index contributed by atoms with van der Waals surface area (Å²) in [4.78, 5) is 20.2. The van der Waals surface area contributed by atoms with E-state index in [4.69, 9.17) is 33.0 Å². The summed E-state index contributed by atoms with van der Waals surface area (Å²) in [6.45, 7) is 4.26. The SMILES string of the molecule is CCOC(=O)[C@@H](c1ncn2c1C[C@@H](F)C2)n1cc2c(Cl)cc(-c3ccc(C4CCN(C5CC(O)C5)CC4)cc3)c(Cl)c2n1. The van der Waals surface area contributed by atoms with Gasteiger partial charge in [-0.3, -0.25) is 4.68 Å². The van der Waals surface area contributed by atoms with Crippen LogP contribution in [0.1, 0.15) is 61.5 Å². The summed E-state index contributed by atoms with van der Waals surface area (Å²) in [5.74, 6) is -0.0253. The lowest BCUT2D eigenvalue weighted by Crippen LogP contribution is -2.49. The molecule has 1 saturated carbocycles. The Morgan fingerprint density at radius 1 is 1.19 bits per heavy atom. The van der Waals surface area contributed by atoms with Crippen molar-refractivity contribution in [2.75, 3.05) is 19.7 Å². The van der Waals surface area contributed by atoms with Gasteiger partial charge in [0.25, 0.3) is 0 Å². The normalized spacial score (nSPS) is 23.3. The number of likely N-dealkylation sites (tertiary alicyclic amines) is 1. The van der Waals surface area contributed by atoms with Gasteiger partial charge >= 0.3 is 5.97 Å². The van der Waals surface area contributed by atoms with Gasteiger partial charge in [0.1, 0.15) is 11.7 Å². The van der Waals surface area contributed by atoms with E-state index in [1.54, 1.807) is 24.0 Å². The molecule has 2 fully saturated rings. The number of aromatic nitrogens is 4. The first-order valence-electron chi connectivity index (χ1n) is 15.0. The second-order valence-corrected chi connectivity index (χ2v) is 12.8. The second kappa shape index (κ2) is 11.5. The molecule has 0 radical (unpaired) electrons. The summed E-state index contributed by atoms with van der Waals surface area (Å²) in [7, 11) is 0. The molecule has 1 N–H and O–H groups in total. The van der Waals surface area contributed by atoms with Crippen LogP contribution in [0.5, 0.6) is 0 Å². The molecule has 2 aromatic heterocycles. The Morgan fingerprint density at radius 2 is 1.93 bits per heavy atom. The Balaban J connectivity index is 1.16. The second-order valence-electron chi connectivity index (χ2n) is 12.0. The number of aliphatic hydroxyl groups is 1. The van der Waals surface area contributed by atoms with Crippen molar-refractivity contribution < 1.29 is 19.0 Å². The highest BCUT2D eigenvalue weighted by Crippen LogP contribution is 2.40. The van der Waals surface area contributed by atoms with E-state index >= 15 is 0 Å². The molecule has 43 heavy (non-hydrogen) atoms. The zero-order valence-corrected chi connectivity index (χ0v) is 25.4. The molecule has 0 bridgehead atoms. The van der Waals surface area contributed by atoms with E-state index in [2.05, 4.69) is 34.1 Å². The van der Waals surface area contributed by atoms with Crippen LogP contribution in [0.4, 0.5) is 4.39 Å². The summed E-state index contributed by atoms with van der Waals surface area (Å²) in [6, 6.07) is 9.87. The van der Waals surface area contributed by atoms with Crippen LogP contribution in [0.2, 0.25) is 10.0 Å². The number of piperidine rings is 1. The zero-order chi connectivity index (χ0) is 29.8. The highest BCUT2D eigenvalue weighted by molar-refractivity contribution is 6.42. The van der Waals surface area contributed by atoms with Crippen molar-refractivity contribution in [3.63, 3.8) is 0 Å². The van der Waals surface area contributed by atoms with E-state index in [1.165, 1.54) is 10.2 Å². The van der Waals surface area contributed by atoms with E-state index in [0.717, 1.165) is 49.9 Å². The van der Waals surface area contributed by atoms with Crippen LogP contribution < -0.4 is 0 Å². The Kier molecular flexibility index (Phi) is 7.70. The molecule has 7 rings (SSSR count). The highest BCUT2D eigenvalue weighted by Gasteiger charge is 2.36. The van der Waals surface area contributed by atoms with Crippen molar-refractivity contribution in [2.45, 2.75) is 75.8 Å². The Labute approximate surface area is 259 Å². The molecule has 3 aliphatic rings. The third kappa shape index (κ3) is 5.24. The molecular weight excluding hydrogens is 592 g/mol. The van der Waals surface area contributed by atoms with Crippen molar-refractivity contribution >= 4 is 40.1 Å². The minimum atomic E-state index is -1.02. The fourth-order valence-electron chi connectivity index (χ4n) is 6.94. The van der Waals surface area contributed by atoms with Crippen molar-refractivity contribution in [2.24, 2.45) is 0 Å². The van der Waals surface area contributed by atoms with Gasteiger partial charge in [-0.25, -0.2) is 14.2 Å². The minimum absolute atomic E-state index is 0.120. The van der Waals surface area contributed by atoms with E-state index < -0.39 is 18.2 Å². The van der Waals surface area contributed by atoms with Gasteiger partial charge in [0.2, 0.25) is 0 Å². The number of rotatable bonds is 7. The molecule has 0 unspecified atom stereocenters. The lowest BCUT2D eigenvalue weighted by molar-refractivity contribution is -0.146. The smallest absolute Gasteiger partial charge is 0.337 e. The quantitative estimate of drug-likeness (QED) is 0.255. The first-order valence-corrected chi connectivity index (χ1v) is 15.8. The fraction of sp³-hybridized carbons (Fsp3) is 0.469. The van der Waals surface area contributed by atoms with Crippen LogP contribution in [0.25, 0.3) is 22.0 Å². The predicted octanol–water partition coefficient (Wildman–Crippen LogP) is 5.96. The number of carbonyl (C=O) groups is 1. The standard InChI is InChI=1S/C32H34Cl2FN5O3/c1-2-43-32(42)31(30-27-11-21(35)15-39(27)17-36-30)40-16-25-26(33)14-24(28(34)29(25)37-40)20-5-3-18(4-6-20)19-7-9-38(10-8-19)22-12-23(41)13-22/h3-6,14,16-17,19,21-23,31,41H,2,7-13,15H2,1H3/t21-,22?,23?,31-/m1/s1. The largest absolute Gasteiger partial charge is 0.464 e. The van der Waals surface area contributed by atoms with Gasteiger partial charge in [-0.15, -0.1) is 0 Å². The van der Waals surface area contributed by atoms with Crippen LogP contribution in [0.15, 0.2) is 42.9 Å². The third-order valence-corrected chi connectivity index (χ3v) is 10.0. The molecule has 11 heteroatoms. The van der Waals surface area contributed by atoms with E-state index in [9.17, 15) is 14.3 Å². The maximum Gasteiger partial charge on any atom is 0.337 e. The number of hydrogen-bond acceptors (Lipinski definition) is 6. The molecule has 0 amide bonds. The summed E-state index contributed by atoms with van der Waals surface area (Å²) < 4.78 is 22.8. The highest BCUT2D eigenvalue weighted by atomic mass is 35.5. The Morgan fingerprint density at radius 3 is 2.63 bits per heavy atom. The molecule has 226 valence electrons. The lowest BCUT2D eigenvalue weighted by Gasteiger charge is -2.44. The maximum atomic E-state index is 14.2. The average molecular weight is 627 g/mol. The van der Waals surface area contributed by atoms with Gasteiger partial charge in [0.15, 0.2) is 6.04 Å². The lowest BCUT2D eigenvalue weighted by atomic mass is 9.83. The van der Waals surface area contributed by atoms with Crippen LogP contribution in [-0.4, -0.2) is 73.3 Å². The molecule has 2 atom stereocenters. The average Bonchev–Trinajstić information content (AvgIpc) is 3.69. The zero-order valence-electron chi connectivity index (χ0n) is 23.9. The Bertz CT molecular complexity index is 1660. The number of imidazole rings is 1. The van der Waals surface area contributed by atoms with Crippen molar-refractivity contribution in [1.82, 2.24) is 24.2 Å².